The van der Waals surface area contributed by atoms with Crippen LogP contribution in [0.15, 0.2) is 30.3 Å². The number of nitrogens with zero attached hydrogens (tertiary/aromatic N) is 2. The summed E-state index contributed by atoms with van der Waals surface area (Å²) >= 11 is 0. The van der Waals surface area contributed by atoms with Crippen molar-refractivity contribution in [3.63, 3.8) is 0 Å². The number of amides is 1. The summed E-state index contributed by atoms with van der Waals surface area (Å²) in [6, 6.07) is 11.6. The SMILES string of the molecule is CCC(=O)N(CCc1ccccc1)[C@H]1CCCC[C@@H]1N1CCCC1. The smallest absolute Gasteiger partial charge is 0.222 e. The Bertz CT molecular complexity index is 510. The molecule has 1 saturated carbocycles. The fourth-order valence-electron chi connectivity index (χ4n) is 4.53. The lowest BCUT2D eigenvalue weighted by Gasteiger charge is -2.44. The van der Waals surface area contributed by atoms with Gasteiger partial charge in [-0.2, -0.15) is 0 Å². The molecular formula is C21H32N2O. The topological polar surface area (TPSA) is 23.6 Å². The van der Waals surface area contributed by atoms with Crippen LogP contribution in [-0.4, -0.2) is 47.4 Å². The van der Waals surface area contributed by atoms with Crippen molar-refractivity contribution in [2.75, 3.05) is 19.6 Å². The largest absolute Gasteiger partial charge is 0.338 e. The summed E-state index contributed by atoms with van der Waals surface area (Å²) in [5.41, 5.74) is 1.33. The van der Waals surface area contributed by atoms with E-state index < -0.39 is 0 Å². The predicted molar refractivity (Wildman–Crippen MR) is 99.0 cm³/mol. The van der Waals surface area contributed by atoms with Gasteiger partial charge in [0.25, 0.3) is 0 Å². The van der Waals surface area contributed by atoms with Crippen LogP contribution in [-0.2, 0) is 11.2 Å². The van der Waals surface area contributed by atoms with E-state index in [4.69, 9.17) is 0 Å². The average Bonchev–Trinajstić information content (AvgIpc) is 3.17. The van der Waals surface area contributed by atoms with Crippen molar-refractivity contribution in [2.24, 2.45) is 0 Å². The molecule has 1 aromatic carbocycles. The second-order valence-corrected chi connectivity index (χ2v) is 7.34. The minimum Gasteiger partial charge on any atom is -0.338 e. The minimum absolute atomic E-state index is 0.335. The molecule has 0 N–H and O–H groups in total. The van der Waals surface area contributed by atoms with E-state index in [1.54, 1.807) is 0 Å². The standard InChI is InChI=1S/C21H32N2O/c1-2-21(24)23(17-14-18-10-4-3-5-11-18)20-13-7-6-12-19(20)22-15-8-9-16-22/h3-5,10-11,19-20H,2,6-9,12-17H2,1H3/t19-,20-/m0/s1. The number of carbonyl (C=O) groups excluding carboxylic acids is 1. The van der Waals surface area contributed by atoms with Crippen molar-refractivity contribution in [1.82, 2.24) is 9.80 Å². The van der Waals surface area contributed by atoms with Crippen LogP contribution in [0.2, 0.25) is 0 Å². The molecule has 1 saturated heterocycles. The van der Waals surface area contributed by atoms with E-state index in [-0.39, 0.29) is 0 Å². The quantitative estimate of drug-likeness (QED) is 0.791. The summed E-state index contributed by atoms with van der Waals surface area (Å²) in [6.45, 7) is 5.33. The molecule has 3 nitrogen and oxygen atoms in total. The molecule has 24 heavy (non-hydrogen) atoms. The Morgan fingerprint density at radius 3 is 2.50 bits per heavy atom. The van der Waals surface area contributed by atoms with Crippen LogP contribution in [0.4, 0.5) is 0 Å². The number of carbonyl (C=O) groups is 1. The normalized spacial score (nSPS) is 24.9. The first kappa shape index (κ1) is 17.5. The van der Waals surface area contributed by atoms with E-state index in [0.717, 1.165) is 13.0 Å². The zero-order chi connectivity index (χ0) is 16.8. The summed E-state index contributed by atoms with van der Waals surface area (Å²) in [6.07, 6.45) is 9.29. The third-order valence-electron chi connectivity index (χ3n) is 5.81. The zero-order valence-electron chi connectivity index (χ0n) is 15.1. The molecule has 1 heterocycles. The molecule has 1 aliphatic heterocycles. The van der Waals surface area contributed by atoms with Crippen LogP contribution in [0, 0.1) is 0 Å². The molecule has 0 bridgehead atoms. The van der Waals surface area contributed by atoms with E-state index >= 15 is 0 Å². The molecule has 132 valence electrons. The van der Waals surface area contributed by atoms with E-state index in [9.17, 15) is 4.79 Å². The molecule has 1 aromatic rings. The highest BCUT2D eigenvalue weighted by atomic mass is 16.2. The molecule has 3 heteroatoms. The van der Waals surface area contributed by atoms with Gasteiger partial charge in [0.1, 0.15) is 0 Å². The van der Waals surface area contributed by atoms with E-state index in [2.05, 4.69) is 40.1 Å². The van der Waals surface area contributed by atoms with Crippen LogP contribution >= 0.6 is 0 Å². The van der Waals surface area contributed by atoms with E-state index in [1.165, 1.54) is 57.2 Å². The summed E-state index contributed by atoms with van der Waals surface area (Å²) in [4.78, 5) is 17.6. The van der Waals surface area contributed by atoms with Gasteiger partial charge in [-0.25, -0.2) is 0 Å². The maximum atomic E-state index is 12.7. The van der Waals surface area contributed by atoms with Crippen molar-refractivity contribution in [2.45, 2.75) is 70.4 Å². The maximum Gasteiger partial charge on any atom is 0.222 e. The average molecular weight is 329 g/mol. The highest BCUT2D eigenvalue weighted by molar-refractivity contribution is 5.76. The molecule has 1 amide bonds. The summed E-state index contributed by atoms with van der Waals surface area (Å²) in [5.74, 6) is 0.335. The lowest BCUT2D eigenvalue weighted by Crippen LogP contribution is -2.54. The molecular weight excluding hydrogens is 296 g/mol. The van der Waals surface area contributed by atoms with Gasteiger partial charge in [-0.1, -0.05) is 50.1 Å². The van der Waals surface area contributed by atoms with Gasteiger partial charge in [0, 0.05) is 25.0 Å². The molecule has 2 fully saturated rings. The van der Waals surface area contributed by atoms with Gasteiger partial charge in [-0.15, -0.1) is 0 Å². The molecule has 0 unspecified atom stereocenters. The Balaban J connectivity index is 1.71. The number of likely N-dealkylation sites (tertiary alicyclic amines) is 1. The van der Waals surface area contributed by atoms with E-state index in [1.807, 2.05) is 6.92 Å². The first-order valence-electron chi connectivity index (χ1n) is 9.87. The Morgan fingerprint density at radius 1 is 1.08 bits per heavy atom. The van der Waals surface area contributed by atoms with Crippen molar-refractivity contribution < 1.29 is 4.79 Å². The third kappa shape index (κ3) is 4.18. The number of rotatable bonds is 6. The summed E-state index contributed by atoms with van der Waals surface area (Å²) in [5, 5.41) is 0. The van der Waals surface area contributed by atoms with Crippen molar-refractivity contribution in [3.8, 4) is 0 Å². The molecule has 2 atom stereocenters. The monoisotopic (exact) mass is 328 g/mol. The van der Waals surface area contributed by atoms with Crippen LogP contribution in [0.5, 0.6) is 0 Å². The predicted octanol–water partition coefficient (Wildman–Crippen LogP) is 3.87. The molecule has 0 radical (unpaired) electrons. The van der Waals surface area contributed by atoms with Crippen molar-refractivity contribution in [1.29, 1.82) is 0 Å². The van der Waals surface area contributed by atoms with Gasteiger partial charge in [0.05, 0.1) is 0 Å². The van der Waals surface area contributed by atoms with Crippen LogP contribution in [0.3, 0.4) is 0 Å². The van der Waals surface area contributed by atoms with Gasteiger partial charge in [-0.3, -0.25) is 9.69 Å². The maximum absolute atomic E-state index is 12.7. The van der Waals surface area contributed by atoms with Gasteiger partial charge in [0.2, 0.25) is 5.91 Å². The lowest BCUT2D eigenvalue weighted by molar-refractivity contribution is -0.135. The highest BCUT2D eigenvalue weighted by Gasteiger charge is 2.36. The van der Waals surface area contributed by atoms with E-state index in [0.29, 0.717) is 24.4 Å². The number of hydrogen-bond acceptors (Lipinski definition) is 2. The Hall–Kier alpha value is -1.35. The van der Waals surface area contributed by atoms with Gasteiger partial charge >= 0.3 is 0 Å². The van der Waals surface area contributed by atoms with Gasteiger partial charge < -0.3 is 4.90 Å². The third-order valence-corrected chi connectivity index (χ3v) is 5.81. The Morgan fingerprint density at radius 2 is 1.79 bits per heavy atom. The molecule has 3 rings (SSSR count). The van der Waals surface area contributed by atoms with Gasteiger partial charge in [0.15, 0.2) is 0 Å². The van der Waals surface area contributed by atoms with Gasteiger partial charge in [-0.05, 0) is 50.8 Å². The first-order valence-corrected chi connectivity index (χ1v) is 9.87. The molecule has 0 aromatic heterocycles. The highest BCUT2D eigenvalue weighted by Crippen LogP contribution is 2.30. The Kier molecular flexibility index (Phi) is 6.30. The first-order chi connectivity index (χ1) is 11.8. The summed E-state index contributed by atoms with van der Waals surface area (Å²) < 4.78 is 0. The number of benzene rings is 1. The lowest BCUT2D eigenvalue weighted by atomic mass is 9.87. The van der Waals surface area contributed by atoms with Crippen LogP contribution < -0.4 is 0 Å². The second-order valence-electron chi connectivity index (χ2n) is 7.34. The van der Waals surface area contributed by atoms with Crippen LogP contribution in [0.25, 0.3) is 0 Å². The van der Waals surface area contributed by atoms with Crippen molar-refractivity contribution >= 4 is 5.91 Å². The van der Waals surface area contributed by atoms with Crippen molar-refractivity contribution in [3.05, 3.63) is 35.9 Å². The second kappa shape index (κ2) is 8.66. The molecule has 2 aliphatic rings. The summed E-state index contributed by atoms with van der Waals surface area (Å²) in [7, 11) is 0. The zero-order valence-corrected chi connectivity index (χ0v) is 15.1. The fourth-order valence-corrected chi connectivity index (χ4v) is 4.53. The Labute approximate surface area is 147 Å². The molecule has 0 spiro atoms. The number of hydrogen-bond donors (Lipinski definition) is 0. The fraction of sp³-hybridized carbons (Fsp3) is 0.667. The molecule has 1 aliphatic carbocycles. The van der Waals surface area contributed by atoms with Crippen LogP contribution in [0.1, 0.15) is 57.4 Å². The minimum atomic E-state index is 0.335.